The minimum Gasteiger partial charge on any atom is -0.548 e. The van der Waals surface area contributed by atoms with Crippen LogP contribution in [0.1, 0.15) is 11.1 Å². The Hall–Kier alpha value is -2.64. The van der Waals surface area contributed by atoms with Crippen LogP contribution in [-0.4, -0.2) is 29.0 Å². The van der Waals surface area contributed by atoms with E-state index in [-0.39, 0.29) is 23.5 Å². The fraction of sp³-hybridized carbons (Fsp3) is 0.200. The molecule has 28 heavy (non-hydrogen) atoms. The van der Waals surface area contributed by atoms with Crippen molar-refractivity contribution in [2.45, 2.75) is 24.9 Å². The molecule has 1 aromatic heterocycles. The fourth-order valence-electron chi connectivity index (χ4n) is 2.57. The Balaban J connectivity index is 0.000000277. The van der Waals surface area contributed by atoms with Gasteiger partial charge >= 0.3 is 17.1 Å². The largest absolute Gasteiger partial charge is 2.00 e. The van der Waals surface area contributed by atoms with Gasteiger partial charge in [0.1, 0.15) is 0 Å². The van der Waals surface area contributed by atoms with Crippen molar-refractivity contribution in [3.8, 4) is 0 Å². The molecule has 0 aliphatic carbocycles. The number of aliphatic carboxylic acids is 2. The Morgan fingerprint density at radius 3 is 2.00 bits per heavy atom. The summed E-state index contributed by atoms with van der Waals surface area (Å²) in [6.07, 6.45) is 2.39. The molecule has 3 aromatic rings. The molecule has 0 fully saturated rings. The number of carboxylic acid groups (broad SMARTS) is 2. The third-order valence-corrected chi connectivity index (χ3v) is 4.02. The number of carbonyl (C=O) groups excluding carboxylic acids is 2. The van der Waals surface area contributed by atoms with Crippen LogP contribution in [0.25, 0.3) is 10.9 Å². The quantitative estimate of drug-likeness (QED) is 0.431. The molecule has 0 spiro atoms. The molecule has 0 saturated heterocycles. The van der Waals surface area contributed by atoms with Crippen LogP contribution in [-0.2, 0) is 39.5 Å². The number of rotatable bonds is 6. The van der Waals surface area contributed by atoms with E-state index >= 15 is 0 Å². The van der Waals surface area contributed by atoms with Crippen LogP contribution in [0.5, 0.6) is 0 Å². The van der Waals surface area contributed by atoms with Gasteiger partial charge in [-0.15, -0.1) is 0 Å². The third-order valence-electron chi connectivity index (χ3n) is 4.02. The maximum absolute atomic E-state index is 10.5. The van der Waals surface area contributed by atoms with E-state index in [9.17, 15) is 19.8 Å². The monoisotopic (exact) mass is 430 g/mol. The number of para-hydroxylation sites is 1. The number of carboxylic acids is 2. The fourth-order valence-corrected chi connectivity index (χ4v) is 2.57. The molecule has 0 aliphatic rings. The van der Waals surface area contributed by atoms with Crippen LogP contribution in [0.2, 0.25) is 0 Å². The molecule has 3 rings (SSSR count). The SMILES string of the molecule is N[C@@H](Cc1c[nH]c2ccccc12)C(=O)[O-].N[C@@H](Cc1ccccc1)C(=O)[O-].[Cu+2]. The molecular formula is C20H21CuN3O4. The van der Waals surface area contributed by atoms with Gasteiger partial charge in [-0.05, 0) is 30.0 Å². The molecule has 0 saturated carbocycles. The topological polar surface area (TPSA) is 148 Å². The number of aromatic nitrogens is 1. The smallest absolute Gasteiger partial charge is 0.548 e. The second-order valence-electron chi connectivity index (χ2n) is 6.10. The minimum atomic E-state index is -1.22. The van der Waals surface area contributed by atoms with Gasteiger partial charge < -0.3 is 36.3 Å². The van der Waals surface area contributed by atoms with Crippen molar-refractivity contribution in [2.24, 2.45) is 11.5 Å². The summed E-state index contributed by atoms with van der Waals surface area (Å²) in [5.41, 5.74) is 13.5. The summed E-state index contributed by atoms with van der Waals surface area (Å²) >= 11 is 0. The molecule has 5 N–H and O–H groups in total. The summed E-state index contributed by atoms with van der Waals surface area (Å²) in [5, 5.41) is 21.8. The summed E-state index contributed by atoms with van der Waals surface area (Å²) < 4.78 is 0. The number of benzene rings is 2. The number of hydrogen-bond donors (Lipinski definition) is 3. The standard InChI is InChI=1S/C11H12N2O2.C9H11NO2.Cu/c12-9(11(14)15)5-7-6-13-10-4-2-1-3-8(7)10;10-8(9(11)12)6-7-4-2-1-3-5-7;/h1-4,6,9,13H,5,12H2,(H,14,15);1-5,8H,6,10H2,(H,11,12);/q;;+2/p-2/t9-;8-;/m00./s1. The van der Waals surface area contributed by atoms with Crippen LogP contribution in [0, 0.1) is 0 Å². The van der Waals surface area contributed by atoms with Crippen molar-refractivity contribution in [3.63, 3.8) is 0 Å². The molecule has 0 unspecified atom stereocenters. The molecular weight excluding hydrogens is 410 g/mol. The minimum absolute atomic E-state index is 0. The molecule has 2 aromatic carbocycles. The zero-order valence-electron chi connectivity index (χ0n) is 14.9. The molecule has 151 valence electrons. The van der Waals surface area contributed by atoms with E-state index < -0.39 is 24.0 Å². The normalized spacial score (nSPS) is 12.2. The Morgan fingerprint density at radius 2 is 1.39 bits per heavy atom. The zero-order valence-corrected chi connectivity index (χ0v) is 15.9. The first kappa shape index (κ1) is 23.4. The van der Waals surface area contributed by atoms with Crippen molar-refractivity contribution in [3.05, 3.63) is 71.9 Å². The Morgan fingerprint density at radius 1 is 0.857 bits per heavy atom. The predicted octanol–water partition coefficient (Wildman–Crippen LogP) is -0.909. The van der Waals surface area contributed by atoms with Gasteiger partial charge in [0, 0.05) is 29.2 Å². The molecule has 2 atom stereocenters. The first-order valence-corrected chi connectivity index (χ1v) is 8.40. The van der Waals surface area contributed by atoms with E-state index in [1.807, 2.05) is 54.6 Å². The van der Waals surface area contributed by atoms with Gasteiger partial charge in [-0.3, -0.25) is 0 Å². The second-order valence-corrected chi connectivity index (χ2v) is 6.10. The van der Waals surface area contributed by atoms with Gasteiger partial charge in [0.15, 0.2) is 0 Å². The summed E-state index contributed by atoms with van der Waals surface area (Å²) in [6, 6.07) is 15.1. The number of aromatic amines is 1. The molecule has 7 nitrogen and oxygen atoms in total. The maximum atomic E-state index is 10.5. The first-order valence-electron chi connectivity index (χ1n) is 8.40. The van der Waals surface area contributed by atoms with Gasteiger partial charge in [-0.25, -0.2) is 0 Å². The summed E-state index contributed by atoms with van der Waals surface area (Å²) in [6.45, 7) is 0. The zero-order chi connectivity index (χ0) is 19.8. The van der Waals surface area contributed by atoms with E-state index in [0.717, 1.165) is 22.0 Å². The van der Waals surface area contributed by atoms with Gasteiger partial charge in [-0.1, -0.05) is 48.5 Å². The summed E-state index contributed by atoms with van der Waals surface area (Å²) in [5.74, 6) is -2.43. The van der Waals surface area contributed by atoms with Crippen LogP contribution in [0.15, 0.2) is 60.8 Å². The maximum Gasteiger partial charge on any atom is 2.00 e. The molecule has 0 bridgehead atoms. The van der Waals surface area contributed by atoms with Gasteiger partial charge in [0.05, 0.1) is 11.9 Å². The van der Waals surface area contributed by atoms with Gasteiger partial charge in [0.2, 0.25) is 0 Å². The second kappa shape index (κ2) is 11.3. The van der Waals surface area contributed by atoms with Crippen molar-refractivity contribution >= 4 is 22.8 Å². The number of nitrogens with one attached hydrogen (secondary N) is 1. The average Bonchev–Trinajstić information content (AvgIpc) is 3.06. The molecule has 1 heterocycles. The number of nitrogens with two attached hydrogens (primary N) is 2. The van der Waals surface area contributed by atoms with Crippen molar-refractivity contribution in [2.75, 3.05) is 0 Å². The summed E-state index contributed by atoms with van der Waals surface area (Å²) in [7, 11) is 0. The number of carbonyl (C=O) groups is 2. The number of hydrogen-bond acceptors (Lipinski definition) is 6. The van der Waals surface area contributed by atoms with E-state index in [1.165, 1.54) is 0 Å². The van der Waals surface area contributed by atoms with Crippen molar-refractivity contribution < 1.29 is 36.9 Å². The van der Waals surface area contributed by atoms with Crippen LogP contribution < -0.4 is 21.7 Å². The predicted molar refractivity (Wildman–Crippen MR) is 98.1 cm³/mol. The Kier molecular flexibility index (Phi) is 9.41. The molecule has 8 heteroatoms. The average molecular weight is 431 g/mol. The summed E-state index contributed by atoms with van der Waals surface area (Å²) in [4.78, 5) is 23.8. The van der Waals surface area contributed by atoms with Crippen molar-refractivity contribution in [1.29, 1.82) is 0 Å². The van der Waals surface area contributed by atoms with Gasteiger partial charge in [-0.2, -0.15) is 0 Å². The van der Waals surface area contributed by atoms with Crippen LogP contribution >= 0.6 is 0 Å². The molecule has 1 radical (unpaired) electrons. The third kappa shape index (κ3) is 6.83. The van der Waals surface area contributed by atoms with E-state index in [4.69, 9.17) is 11.5 Å². The molecule has 0 amide bonds. The Labute approximate surface area is 173 Å². The van der Waals surface area contributed by atoms with E-state index in [1.54, 1.807) is 6.20 Å². The van der Waals surface area contributed by atoms with Crippen LogP contribution in [0.3, 0.4) is 0 Å². The van der Waals surface area contributed by atoms with Crippen LogP contribution in [0.4, 0.5) is 0 Å². The Bertz CT molecular complexity index is 899. The van der Waals surface area contributed by atoms with E-state index in [0.29, 0.717) is 6.42 Å². The van der Waals surface area contributed by atoms with Gasteiger partial charge in [0.25, 0.3) is 0 Å². The molecule has 0 aliphatic heterocycles. The number of fused-ring (bicyclic) bond motifs is 1. The first-order chi connectivity index (χ1) is 12.9. The number of H-pyrrole nitrogens is 1. The van der Waals surface area contributed by atoms with E-state index in [2.05, 4.69) is 4.98 Å². The van der Waals surface area contributed by atoms with Crippen molar-refractivity contribution in [1.82, 2.24) is 4.98 Å².